The van der Waals surface area contributed by atoms with Gasteiger partial charge in [-0.3, -0.25) is 19.4 Å². The molecule has 64 heavy (non-hydrogen) atoms. The second-order valence-corrected chi connectivity index (χ2v) is 20.4. The van der Waals surface area contributed by atoms with Gasteiger partial charge in [0.05, 0.1) is 18.1 Å². The van der Waals surface area contributed by atoms with Crippen LogP contribution in [-0.4, -0.2) is 120 Å². The van der Waals surface area contributed by atoms with Crippen molar-refractivity contribution in [3.05, 3.63) is 128 Å². The van der Waals surface area contributed by atoms with Crippen molar-refractivity contribution in [2.24, 2.45) is 11.8 Å². The molecule has 6 aromatic rings. The molecule has 2 aromatic carbocycles. The quantitative estimate of drug-likeness (QED) is 0.170. The lowest BCUT2D eigenvalue weighted by Gasteiger charge is -2.30. The Labute approximate surface area is 375 Å². The standard InChI is InChI=1S/C24H32N6O3S.C22H28N6O.CH4/c1-3-34(32,33)29-11-9-19(10-12-29)23-25-13-21-24(31)26-22(27-30(21)23)20-16-28(14-17(20)2)15-18-7-5-4-6-8-18;1-15-12-27(13-16-5-3-2-4-6-16)14-18(15)20-25-22(29)19-11-24-21(28(19)26-20)17-7-9-23-10-8-17;/h4-8,13,17,19-20H,3,9-12,14-16H2,1-2H3,(H,26,27,31);2-6,11,15,17-18,23H,7-10,12-14H2,1H3,(H,25,26,29);1H4. The van der Waals surface area contributed by atoms with Crippen molar-refractivity contribution in [3.8, 4) is 0 Å². The van der Waals surface area contributed by atoms with Gasteiger partial charge in [-0.25, -0.2) is 31.7 Å². The third-order valence-electron chi connectivity index (χ3n) is 13.8. The average molecular weight is 893 g/mol. The van der Waals surface area contributed by atoms with Crippen molar-refractivity contribution in [1.29, 1.82) is 0 Å². The van der Waals surface area contributed by atoms with Crippen LogP contribution in [-0.2, 0) is 23.1 Å². The molecule has 4 aliphatic rings. The van der Waals surface area contributed by atoms with Crippen LogP contribution in [0.5, 0.6) is 0 Å². The fourth-order valence-electron chi connectivity index (χ4n) is 10.2. The molecule has 3 N–H and O–H groups in total. The van der Waals surface area contributed by atoms with Gasteiger partial charge < -0.3 is 15.3 Å². The highest BCUT2D eigenvalue weighted by atomic mass is 32.2. The van der Waals surface area contributed by atoms with Crippen molar-refractivity contribution >= 4 is 21.1 Å². The predicted molar refractivity (Wildman–Crippen MR) is 249 cm³/mol. The summed E-state index contributed by atoms with van der Waals surface area (Å²) in [6, 6.07) is 21.0. The van der Waals surface area contributed by atoms with Gasteiger partial charge in [-0.2, -0.15) is 10.2 Å². The van der Waals surface area contributed by atoms with E-state index < -0.39 is 10.0 Å². The Bertz CT molecular complexity index is 2720. The van der Waals surface area contributed by atoms with Gasteiger partial charge in [0.2, 0.25) is 10.0 Å². The summed E-state index contributed by atoms with van der Waals surface area (Å²) in [7, 11) is -3.18. The van der Waals surface area contributed by atoms with Crippen LogP contribution in [0.3, 0.4) is 0 Å². The number of aromatic nitrogens is 8. The van der Waals surface area contributed by atoms with Gasteiger partial charge in [0.25, 0.3) is 11.1 Å². The number of rotatable bonds is 10. The number of likely N-dealkylation sites (tertiary alicyclic amines) is 2. The lowest BCUT2D eigenvalue weighted by atomic mass is 9.97. The largest absolute Gasteiger partial charge is 0.317 e. The molecule has 4 aromatic heterocycles. The molecule has 342 valence electrons. The molecule has 4 aliphatic heterocycles. The summed E-state index contributed by atoms with van der Waals surface area (Å²) in [6.07, 6.45) is 6.67. The summed E-state index contributed by atoms with van der Waals surface area (Å²) in [5, 5.41) is 13.2. The Kier molecular flexibility index (Phi) is 13.9. The number of nitrogens with one attached hydrogen (secondary N) is 3. The molecule has 0 spiro atoms. The maximum absolute atomic E-state index is 12.9. The third kappa shape index (κ3) is 9.64. The van der Waals surface area contributed by atoms with Crippen molar-refractivity contribution in [1.82, 2.24) is 58.6 Å². The van der Waals surface area contributed by atoms with Crippen molar-refractivity contribution in [3.63, 3.8) is 0 Å². The van der Waals surface area contributed by atoms with E-state index in [4.69, 9.17) is 10.2 Å². The maximum atomic E-state index is 12.9. The number of hydrogen-bond donors (Lipinski definition) is 3. The third-order valence-corrected chi connectivity index (χ3v) is 15.6. The van der Waals surface area contributed by atoms with Crippen LogP contribution < -0.4 is 16.4 Å². The Hall–Kier alpha value is -5.07. The fourth-order valence-corrected chi connectivity index (χ4v) is 11.3. The highest BCUT2D eigenvalue weighted by Gasteiger charge is 2.36. The highest BCUT2D eigenvalue weighted by Crippen LogP contribution is 2.34. The molecule has 0 aliphatic carbocycles. The van der Waals surface area contributed by atoms with Crippen molar-refractivity contribution < 1.29 is 8.42 Å². The first-order chi connectivity index (χ1) is 30.5. The average Bonchev–Trinajstić information content (AvgIpc) is 4.10. The fraction of sp³-hybridized carbons (Fsp3) is 0.532. The molecule has 8 heterocycles. The molecular weight excluding hydrogens is 829 g/mol. The molecule has 16 nitrogen and oxygen atoms in total. The van der Waals surface area contributed by atoms with Crippen LogP contribution in [0, 0.1) is 11.8 Å². The van der Waals surface area contributed by atoms with Gasteiger partial charge in [0, 0.05) is 76.0 Å². The van der Waals surface area contributed by atoms with Crippen LogP contribution in [0.1, 0.15) is 112 Å². The molecule has 4 fully saturated rings. The first kappa shape index (κ1) is 45.5. The van der Waals surface area contributed by atoms with E-state index in [9.17, 15) is 18.0 Å². The minimum atomic E-state index is -3.18. The Morgan fingerprint density at radius 1 is 0.641 bits per heavy atom. The van der Waals surface area contributed by atoms with E-state index in [-0.39, 0.29) is 42.1 Å². The number of benzene rings is 2. The SMILES string of the molecule is C.CC1CN(Cc2ccccc2)CC1c1nn2c(C3CCNCC3)ncc2c(=O)[nH]1.CCS(=O)(=O)N1CCC(c2ncc3c(=O)[nH]c(C4CN(Cc5ccccc5)CC4C)nn23)CC1. The topological polar surface area (TPSA) is 182 Å². The Balaban J connectivity index is 0.000000174. The number of nitrogens with zero attached hydrogens (tertiary/aromatic N) is 9. The molecule has 0 amide bonds. The number of sulfonamides is 1. The number of hydrogen-bond acceptors (Lipinski definition) is 11. The van der Waals surface area contributed by atoms with Crippen LogP contribution in [0.2, 0.25) is 0 Å². The van der Waals surface area contributed by atoms with Crippen molar-refractivity contribution in [2.75, 3.05) is 58.1 Å². The first-order valence-corrected chi connectivity index (χ1v) is 24.3. The number of fused-ring (bicyclic) bond motifs is 2. The molecule has 17 heteroatoms. The minimum absolute atomic E-state index is 0. The zero-order valence-corrected chi connectivity index (χ0v) is 37.4. The second kappa shape index (κ2) is 19.6. The van der Waals surface area contributed by atoms with Crippen LogP contribution in [0.25, 0.3) is 11.0 Å². The molecule has 10 rings (SSSR count). The van der Waals surface area contributed by atoms with E-state index in [0.29, 0.717) is 60.5 Å². The molecule has 4 saturated heterocycles. The monoisotopic (exact) mass is 892 g/mol. The normalized spacial score (nSPS) is 23.0. The number of H-pyrrole nitrogens is 2. The summed E-state index contributed by atoms with van der Waals surface area (Å²) in [6.45, 7) is 14.6. The summed E-state index contributed by atoms with van der Waals surface area (Å²) >= 11 is 0. The van der Waals surface area contributed by atoms with Crippen LogP contribution >= 0.6 is 0 Å². The van der Waals surface area contributed by atoms with E-state index in [0.717, 1.165) is 82.7 Å². The lowest BCUT2D eigenvalue weighted by molar-refractivity contribution is 0.311. The number of piperidine rings is 2. The van der Waals surface area contributed by atoms with Crippen LogP contribution in [0.4, 0.5) is 0 Å². The minimum Gasteiger partial charge on any atom is -0.317 e. The summed E-state index contributed by atoms with van der Waals surface area (Å²) < 4.78 is 29.5. The first-order valence-electron chi connectivity index (χ1n) is 22.7. The number of aromatic amines is 2. The van der Waals surface area contributed by atoms with Gasteiger partial charge in [0.15, 0.2) is 11.0 Å². The molecule has 4 unspecified atom stereocenters. The van der Waals surface area contributed by atoms with Crippen LogP contribution in [0.15, 0.2) is 82.6 Å². The maximum Gasteiger partial charge on any atom is 0.276 e. The summed E-state index contributed by atoms with van der Waals surface area (Å²) in [5.74, 6) is 4.87. The number of imidazole rings is 2. The van der Waals surface area contributed by atoms with Gasteiger partial charge >= 0.3 is 0 Å². The van der Waals surface area contributed by atoms with E-state index in [1.54, 1.807) is 28.1 Å². The highest BCUT2D eigenvalue weighted by molar-refractivity contribution is 7.89. The Morgan fingerprint density at radius 3 is 1.52 bits per heavy atom. The van der Waals surface area contributed by atoms with E-state index in [2.05, 4.69) is 97.4 Å². The van der Waals surface area contributed by atoms with Gasteiger partial charge in [0.1, 0.15) is 23.3 Å². The molecule has 0 saturated carbocycles. The van der Waals surface area contributed by atoms with E-state index >= 15 is 0 Å². The zero-order chi connectivity index (χ0) is 43.7. The van der Waals surface area contributed by atoms with Gasteiger partial charge in [-0.15, -0.1) is 0 Å². The zero-order valence-electron chi connectivity index (χ0n) is 36.6. The summed E-state index contributed by atoms with van der Waals surface area (Å²) in [4.78, 5) is 45.7. The molecule has 4 atom stereocenters. The van der Waals surface area contributed by atoms with E-state index in [1.165, 1.54) is 11.1 Å². The smallest absolute Gasteiger partial charge is 0.276 e. The summed E-state index contributed by atoms with van der Waals surface area (Å²) in [5.41, 5.74) is 3.32. The Morgan fingerprint density at radius 2 is 1.08 bits per heavy atom. The molecular formula is C47H64N12O4S. The predicted octanol–water partition coefficient (Wildman–Crippen LogP) is 4.94. The molecule has 0 bridgehead atoms. The molecule has 0 radical (unpaired) electrons. The van der Waals surface area contributed by atoms with Crippen molar-refractivity contribution in [2.45, 2.75) is 90.6 Å². The van der Waals surface area contributed by atoms with Gasteiger partial charge in [-0.05, 0) is 68.7 Å². The van der Waals surface area contributed by atoms with E-state index in [1.807, 2.05) is 16.6 Å². The lowest BCUT2D eigenvalue weighted by Crippen LogP contribution is -2.39. The van der Waals surface area contributed by atoms with Gasteiger partial charge in [-0.1, -0.05) is 81.9 Å². The second-order valence-electron chi connectivity index (χ2n) is 18.1.